The third-order valence-corrected chi connectivity index (χ3v) is 7.66. The first-order valence-electron chi connectivity index (χ1n) is 14.9. The average Bonchev–Trinajstić information content (AvgIpc) is 3.00. The molecule has 0 heterocycles. The molecule has 41 heavy (non-hydrogen) atoms. The number of benzene rings is 4. The molecule has 4 rings (SSSR count). The van der Waals surface area contributed by atoms with Crippen LogP contribution in [0, 0.1) is 0 Å². The molecule has 0 aliphatic carbocycles. The molecule has 1 unspecified atom stereocenters. The molecule has 0 aliphatic rings. The van der Waals surface area contributed by atoms with E-state index in [0.29, 0.717) is 17.4 Å². The summed E-state index contributed by atoms with van der Waals surface area (Å²) < 4.78 is 11.0. The fourth-order valence-corrected chi connectivity index (χ4v) is 5.09. The lowest BCUT2D eigenvalue weighted by molar-refractivity contribution is -0.151. The normalized spacial score (nSPS) is 11.7. The Labute approximate surface area is 250 Å². The first kappa shape index (κ1) is 30.4. The lowest BCUT2D eigenvalue weighted by Crippen LogP contribution is -2.26. The van der Waals surface area contributed by atoms with Crippen LogP contribution in [-0.2, 0) is 16.0 Å². The standard InChI is InChI=1S/C37H41ClO3/c1-4-6-8-9-10-28-11-13-29(14-12-28)30-15-17-31(18-16-30)33-21-24-35(36(38)26-33)32-19-22-34(23-20-32)41-27(3)37(39)40-25-7-5-2/h11-24,26-27H,4-10,25H2,1-3H3. The number of hydrogen-bond acceptors (Lipinski definition) is 3. The Morgan fingerprint density at radius 1 is 0.683 bits per heavy atom. The van der Waals surface area contributed by atoms with E-state index >= 15 is 0 Å². The Kier molecular flexibility index (Phi) is 11.5. The van der Waals surface area contributed by atoms with Crippen molar-refractivity contribution in [2.24, 2.45) is 0 Å². The van der Waals surface area contributed by atoms with E-state index in [4.69, 9.17) is 21.1 Å². The van der Waals surface area contributed by atoms with Crippen molar-refractivity contribution in [3.05, 3.63) is 102 Å². The van der Waals surface area contributed by atoms with E-state index in [1.54, 1.807) is 6.92 Å². The summed E-state index contributed by atoms with van der Waals surface area (Å²) in [4.78, 5) is 12.1. The summed E-state index contributed by atoms with van der Waals surface area (Å²) in [5.41, 5.74) is 7.98. The third-order valence-electron chi connectivity index (χ3n) is 7.35. The molecular weight excluding hydrogens is 528 g/mol. The molecule has 0 saturated heterocycles. The molecule has 0 radical (unpaired) electrons. The quantitative estimate of drug-likeness (QED) is 0.112. The predicted molar refractivity (Wildman–Crippen MR) is 172 cm³/mol. The zero-order valence-corrected chi connectivity index (χ0v) is 25.3. The Balaban J connectivity index is 1.37. The second-order valence-electron chi connectivity index (χ2n) is 10.6. The first-order valence-corrected chi connectivity index (χ1v) is 15.3. The SMILES string of the molecule is CCCCCCc1ccc(-c2ccc(-c3ccc(-c4ccc(OC(C)C(=O)OCCCC)cc4)c(Cl)c3)cc2)cc1. The van der Waals surface area contributed by atoms with Crippen molar-refractivity contribution in [1.82, 2.24) is 0 Å². The van der Waals surface area contributed by atoms with Gasteiger partial charge < -0.3 is 9.47 Å². The van der Waals surface area contributed by atoms with E-state index in [1.165, 1.54) is 42.4 Å². The van der Waals surface area contributed by atoms with Crippen LogP contribution in [-0.4, -0.2) is 18.7 Å². The molecule has 0 aromatic heterocycles. The van der Waals surface area contributed by atoms with Crippen molar-refractivity contribution in [1.29, 1.82) is 0 Å². The van der Waals surface area contributed by atoms with Crippen molar-refractivity contribution in [2.45, 2.75) is 71.8 Å². The van der Waals surface area contributed by atoms with Gasteiger partial charge in [-0.15, -0.1) is 0 Å². The van der Waals surface area contributed by atoms with Crippen molar-refractivity contribution >= 4 is 17.6 Å². The number of aryl methyl sites for hydroxylation is 1. The zero-order chi connectivity index (χ0) is 29.0. The molecular formula is C37H41ClO3. The van der Waals surface area contributed by atoms with E-state index in [0.717, 1.165) is 41.5 Å². The summed E-state index contributed by atoms with van der Waals surface area (Å²) in [5.74, 6) is 0.267. The van der Waals surface area contributed by atoms with Crippen molar-refractivity contribution in [3.8, 4) is 39.1 Å². The van der Waals surface area contributed by atoms with E-state index in [2.05, 4.69) is 68.4 Å². The third kappa shape index (κ3) is 8.71. The number of rotatable bonds is 14. The van der Waals surface area contributed by atoms with E-state index < -0.39 is 6.10 Å². The van der Waals surface area contributed by atoms with Gasteiger partial charge in [0.05, 0.1) is 6.61 Å². The summed E-state index contributed by atoms with van der Waals surface area (Å²) in [6.45, 7) is 6.44. The molecule has 0 fully saturated rings. The Hall–Kier alpha value is -3.56. The van der Waals surface area contributed by atoms with Gasteiger partial charge in [0, 0.05) is 10.6 Å². The second-order valence-corrected chi connectivity index (χ2v) is 11.0. The number of halogens is 1. The monoisotopic (exact) mass is 568 g/mol. The van der Waals surface area contributed by atoms with Gasteiger partial charge in [-0.2, -0.15) is 0 Å². The van der Waals surface area contributed by atoms with Gasteiger partial charge in [0.25, 0.3) is 0 Å². The number of hydrogen-bond donors (Lipinski definition) is 0. The van der Waals surface area contributed by atoms with Crippen LogP contribution in [0.4, 0.5) is 0 Å². The van der Waals surface area contributed by atoms with E-state index in [1.807, 2.05) is 36.4 Å². The largest absolute Gasteiger partial charge is 0.479 e. The minimum atomic E-state index is -0.661. The highest BCUT2D eigenvalue weighted by Gasteiger charge is 2.16. The molecule has 4 heteroatoms. The lowest BCUT2D eigenvalue weighted by atomic mass is 9.97. The van der Waals surface area contributed by atoms with Gasteiger partial charge in [-0.25, -0.2) is 4.79 Å². The number of ether oxygens (including phenoxy) is 2. The van der Waals surface area contributed by atoms with Crippen LogP contribution in [0.3, 0.4) is 0 Å². The average molecular weight is 569 g/mol. The van der Waals surface area contributed by atoms with Crippen LogP contribution in [0.5, 0.6) is 5.75 Å². The maximum Gasteiger partial charge on any atom is 0.347 e. The van der Waals surface area contributed by atoms with Crippen LogP contribution in [0.1, 0.15) is 64.9 Å². The number of carbonyl (C=O) groups is 1. The van der Waals surface area contributed by atoms with Gasteiger partial charge in [-0.1, -0.05) is 124 Å². The molecule has 1 atom stereocenters. The molecule has 214 valence electrons. The molecule has 0 aliphatic heterocycles. The van der Waals surface area contributed by atoms with Crippen LogP contribution in [0.25, 0.3) is 33.4 Å². The zero-order valence-electron chi connectivity index (χ0n) is 24.5. The summed E-state index contributed by atoms with van der Waals surface area (Å²) >= 11 is 6.74. The highest BCUT2D eigenvalue weighted by molar-refractivity contribution is 6.33. The fourth-order valence-electron chi connectivity index (χ4n) is 4.80. The molecule has 4 aromatic carbocycles. The first-order chi connectivity index (χ1) is 20.0. The van der Waals surface area contributed by atoms with Gasteiger partial charge in [0.15, 0.2) is 6.10 Å². The van der Waals surface area contributed by atoms with E-state index in [-0.39, 0.29) is 5.97 Å². The van der Waals surface area contributed by atoms with Gasteiger partial charge in [-0.05, 0) is 77.8 Å². The lowest BCUT2D eigenvalue weighted by Gasteiger charge is -2.14. The molecule has 0 N–H and O–H groups in total. The second kappa shape index (κ2) is 15.4. The van der Waals surface area contributed by atoms with Gasteiger partial charge >= 0.3 is 5.97 Å². The van der Waals surface area contributed by atoms with Crippen molar-refractivity contribution in [3.63, 3.8) is 0 Å². The highest BCUT2D eigenvalue weighted by atomic mass is 35.5. The summed E-state index contributed by atoms with van der Waals surface area (Å²) in [6.07, 6.45) is 7.49. The molecule has 0 saturated carbocycles. The fraction of sp³-hybridized carbons (Fsp3) is 0.324. The van der Waals surface area contributed by atoms with E-state index in [9.17, 15) is 4.79 Å². The van der Waals surface area contributed by atoms with Crippen LogP contribution in [0.15, 0.2) is 91.0 Å². The minimum Gasteiger partial charge on any atom is -0.479 e. The molecule has 4 aromatic rings. The Morgan fingerprint density at radius 3 is 1.85 bits per heavy atom. The molecule has 0 spiro atoms. The maximum atomic E-state index is 12.1. The molecule has 3 nitrogen and oxygen atoms in total. The summed E-state index contributed by atoms with van der Waals surface area (Å²) in [5, 5.41) is 0.683. The predicted octanol–water partition coefficient (Wildman–Crippen LogP) is 10.6. The molecule has 0 amide bonds. The smallest absolute Gasteiger partial charge is 0.347 e. The highest BCUT2D eigenvalue weighted by Crippen LogP contribution is 2.34. The van der Waals surface area contributed by atoms with Crippen molar-refractivity contribution in [2.75, 3.05) is 6.61 Å². The van der Waals surface area contributed by atoms with Crippen molar-refractivity contribution < 1.29 is 14.3 Å². The summed E-state index contributed by atoms with van der Waals surface area (Å²) in [7, 11) is 0. The van der Waals surface area contributed by atoms with Crippen LogP contribution < -0.4 is 4.74 Å². The van der Waals surface area contributed by atoms with Gasteiger partial charge in [-0.3, -0.25) is 0 Å². The maximum absolute atomic E-state index is 12.1. The van der Waals surface area contributed by atoms with Gasteiger partial charge in [0.1, 0.15) is 5.75 Å². The van der Waals surface area contributed by atoms with Crippen LogP contribution in [0.2, 0.25) is 5.02 Å². The number of unbranched alkanes of at least 4 members (excludes halogenated alkanes) is 4. The molecule has 0 bridgehead atoms. The Morgan fingerprint density at radius 2 is 1.24 bits per heavy atom. The van der Waals surface area contributed by atoms with Crippen LogP contribution >= 0.6 is 11.6 Å². The number of carbonyl (C=O) groups excluding carboxylic acids is 1. The minimum absolute atomic E-state index is 0.347. The topological polar surface area (TPSA) is 35.5 Å². The Bertz CT molecular complexity index is 1380. The van der Waals surface area contributed by atoms with Gasteiger partial charge in [0.2, 0.25) is 0 Å². The summed E-state index contributed by atoms with van der Waals surface area (Å²) in [6, 6.07) is 31.4. The number of esters is 1.